The molecule has 1 fully saturated rings. The van der Waals surface area contributed by atoms with E-state index >= 15 is 0 Å². The highest BCUT2D eigenvalue weighted by Crippen LogP contribution is 2.37. The second-order valence-electron chi connectivity index (χ2n) is 4.54. The van der Waals surface area contributed by atoms with Crippen LogP contribution in [0.4, 0.5) is 0 Å². The Morgan fingerprint density at radius 3 is 3.17 bits per heavy atom. The summed E-state index contributed by atoms with van der Waals surface area (Å²) in [6.07, 6.45) is 5.53. The standard InChI is InChI=1S/C12H14N2OS3/c1-17-9-4-2-3-8(9)14-11(15)10-7(5-6-18-10)13-12(14)16/h5-6,8-9H,2-4H2,1H3,(H,13,16). The maximum atomic E-state index is 12.5. The molecule has 1 saturated carbocycles. The van der Waals surface area contributed by atoms with Crippen molar-refractivity contribution in [3.63, 3.8) is 0 Å². The molecule has 18 heavy (non-hydrogen) atoms. The minimum Gasteiger partial charge on any atom is -0.331 e. The highest BCUT2D eigenvalue weighted by Gasteiger charge is 2.29. The third-order valence-electron chi connectivity index (χ3n) is 3.59. The molecule has 6 heteroatoms. The summed E-state index contributed by atoms with van der Waals surface area (Å²) in [4.78, 5) is 15.7. The number of fused-ring (bicyclic) bond motifs is 1. The molecule has 2 heterocycles. The number of hydrogen-bond acceptors (Lipinski definition) is 4. The van der Waals surface area contributed by atoms with Crippen LogP contribution in [0.15, 0.2) is 16.2 Å². The summed E-state index contributed by atoms with van der Waals surface area (Å²) in [6.45, 7) is 0. The van der Waals surface area contributed by atoms with Gasteiger partial charge in [0.15, 0.2) is 4.77 Å². The van der Waals surface area contributed by atoms with Gasteiger partial charge in [0.1, 0.15) is 4.70 Å². The number of H-pyrrole nitrogens is 1. The number of aromatic amines is 1. The lowest BCUT2D eigenvalue weighted by Gasteiger charge is -2.20. The molecule has 0 radical (unpaired) electrons. The van der Waals surface area contributed by atoms with Gasteiger partial charge in [-0.1, -0.05) is 6.42 Å². The Morgan fingerprint density at radius 1 is 1.56 bits per heavy atom. The minimum absolute atomic E-state index is 0.0784. The van der Waals surface area contributed by atoms with E-state index in [1.54, 1.807) is 0 Å². The van der Waals surface area contributed by atoms with E-state index in [0.29, 0.717) is 10.0 Å². The fourth-order valence-corrected chi connectivity index (χ4v) is 4.82. The second-order valence-corrected chi connectivity index (χ2v) is 6.92. The Labute approximate surface area is 118 Å². The van der Waals surface area contributed by atoms with Crippen LogP contribution >= 0.6 is 35.3 Å². The minimum atomic E-state index is 0.0784. The molecule has 96 valence electrons. The van der Waals surface area contributed by atoms with Crippen LogP contribution in [0.1, 0.15) is 25.3 Å². The quantitative estimate of drug-likeness (QED) is 0.861. The Balaban J connectivity index is 2.22. The van der Waals surface area contributed by atoms with Crippen LogP contribution in [-0.4, -0.2) is 21.1 Å². The predicted molar refractivity (Wildman–Crippen MR) is 81.5 cm³/mol. The van der Waals surface area contributed by atoms with Gasteiger partial charge >= 0.3 is 0 Å². The van der Waals surface area contributed by atoms with Crippen molar-refractivity contribution in [1.29, 1.82) is 0 Å². The number of thioether (sulfide) groups is 1. The van der Waals surface area contributed by atoms with E-state index in [9.17, 15) is 4.79 Å². The summed E-state index contributed by atoms with van der Waals surface area (Å²) in [6, 6.07) is 2.17. The number of nitrogens with zero attached hydrogens (tertiary/aromatic N) is 1. The Hall–Kier alpha value is -0.590. The van der Waals surface area contributed by atoms with E-state index in [4.69, 9.17) is 12.2 Å². The van der Waals surface area contributed by atoms with Crippen molar-refractivity contribution in [1.82, 2.24) is 9.55 Å². The molecule has 0 saturated heterocycles. The molecule has 0 aliphatic heterocycles. The number of thiophene rings is 1. The van der Waals surface area contributed by atoms with Crippen LogP contribution in [0.25, 0.3) is 10.2 Å². The molecule has 1 aliphatic rings. The third kappa shape index (κ3) is 1.87. The van der Waals surface area contributed by atoms with Crippen molar-refractivity contribution < 1.29 is 0 Å². The van der Waals surface area contributed by atoms with Gasteiger partial charge < -0.3 is 4.98 Å². The van der Waals surface area contributed by atoms with Crippen molar-refractivity contribution in [3.05, 3.63) is 26.6 Å². The number of aromatic nitrogens is 2. The van der Waals surface area contributed by atoms with Gasteiger partial charge in [-0.25, -0.2) is 0 Å². The SMILES string of the molecule is CSC1CCCC1n1c(=S)[nH]c2ccsc2c1=O. The van der Waals surface area contributed by atoms with E-state index in [0.717, 1.165) is 16.6 Å². The van der Waals surface area contributed by atoms with Crippen molar-refractivity contribution in [2.24, 2.45) is 0 Å². The van der Waals surface area contributed by atoms with Gasteiger partial charge in [0.25, 0.3) is 5.56 Å². The molecule has 0 aromatic carbocycles. The second kappa shape index (κ2) is 4.83. The molecule has 2 aromatic rings. The Bertz CT molecular complexity index is 684. The first kappa shape index (κ1) is 12.4. The van der Waals surface area contributed by atoms with Gasteiger partial charge in [-0.05, 0) is 42.8 Å². The molecule has 2 atom stereocenters. The fraction of sp³-hybridized carbons (Fsp3) is 0.500. The van der Waals surface area contributed by atoms with Gasteiger partial charge in [-0.2, -0.15) is 11.8 Å². The summed E-state index contributed by atoms with van der Waals surface area (Å²) in [5.74, 6) is 0. The summed E-state index contributed by atoms with van der Waals surface area (Å²) in [5, 5.41) is 2.44. The van der Waals surface area contributed by atoms with Crippen LogP contribution in [0.2, 0.25) is 0 Å². The average Bonchev–Trinajstić information content (AvgIpc) is 2.97. The van der Waals surface area contributed by atoms with Gasteiger partial charge in [0.05, 0.1) is 11.6 Å². The first-order valence-corrected chi connectivity index (χ1v) is 8.55. The third-order valence-corrected chi connectivity index (χ3v) is 5.95. The fourth-order valence-electron chi connectivity index (χ4n) is 2.73. The van der Waals surface area contributed by atoms with Crippen LogP contribution < -0.4 is 5.56 Å². The largest absolute Gasteiger partial charge is 0.331 e. The van der Waals surface area contributed by atoms with E-state index in [1.807, 2.05) is 27.8 Å². The first-order chi connectivity index (χ1) is 8.72. The summed E-state index contributed by atoms with van der Waals surface area (Å²) in [5.41, 5.74) is 0.944. The molecule has 0 amide bonds. The maximum absolute atomic E-state index is 12.5. The number of nitrogens with one attached hydrogen (secondary N) is 1. The van der Waals surface area contributed by atoms with Gasteiger partial charge in [-0.15, -0.1) is 11.3 Å². The molecule has 1 N–H and O–H groups in total. The monoisotopic (exact) mass is 298 g/mol. The van der Waals surface area contributed by atoms with E-state index in [2.05, 4.69) is 11.2 Å². The van der Waals surface area contributed by atoms with Crippen LogP contribution in [0, 0.1) is 4.77 Å². The Kier molecular flexibility index (Phi) is 3.34. The molecule has 2 unspecified atom stereocenters. The maximum Gasteiger partial charge on any atom is 0.272 e. The zero-order valence-electron chi connectivity index (χ0n) is 10.0. The van der Waals surface area contributed by atoms with Gasteiger partial charge in [-0.3, -0.25) is 9.36 Å². The van der Waals surface area contributed by atoms with E-state index in [1.165, 1.54) is 24.2 Å². The first-order valence-electron chi connectivity index (χ1n) is 5.97. The summed E-state index contributed by atoms with van der Waals surface area (Å²) >= 11 is 8.70. The molecular weight excluding hydrogens is 284 g/mol. The molecular formula is C12H14N2OS3. The molecule has 3 nitrogen and oxygen atoms in total. The molecule has 3 rings (SSSR count). The zero-order chi connectivity index (χ0) is 12.7. The van der Waals surface area contributed by atoms with Crippen LogP contribution in [0.5, 0.6) is 0 Å². The van der Waals surface area contributed by atoms with E-state index in [-0.39, 0.29) is 11.6 Å². The number of rotatable bonds is 2. The van der Waals surface area contributed by atoms with Crippen molar-refractivity contribution in [2.45, 2.75) is 30.6 Å². The van der Waals surface area contributed by atoms with Gasteiger partial charge in [0, 0.05) is 5.25 Å². The van der Waals surface area contributed by atoms with Gasteiger partial charge in [0.2, 0.25) is 0 Å². The number of hydrogen-bond donors (Lipinski definition) is 1. The zero-order valence-corrected chi connectivity index (χ0v) is 12.5. The van der Waals surface area contributed by atoms with E-state index < -0.39 is 0 Å². The topological polar surface area (TPSA) is 37.8 Å². The highest BCUT2D eigenvalue weighted by molar-refractivity contribution is 7.99. The molecule has 1 aliphatic carbocycles. The predicted octanol–water partition coefficient (Wildman–Crippen LogP) is 3.58. The van der Waals surface area contributed by atoms with Crippen molar-refractivity contribution in [3.8, 4) is 0 Å². The molecule has 0 bridgehead atoms. The van der Waals surface area contributed by atoms with Crippen LogP contribution in [-0.2, 0) is 0 Å². The summed E-state index contributed by atoms with van der Waals surface area (Å²) in [7, 11) is 0. The van der Waals surface area contributed by atoms with Crippen LogP contribution in [0.3, 0.4) is 0 Å². The summed E-state index contributed by atoms with van der Waals surface area (Å²) < 4.78 is 3.16. The smallest absolute Gasteiger partial charge is 0.272 e. The van der Waals surface area contributed by atoms with Crippen molar-refractivity contribution >= 4 is 45.5 Å². The van der Waals surface area contributed by atoms with Crippen molar-refractivity contribution in [2.75, 3.05) is 6.26 Å². The molecule has 0 spiro atoms. The normalized spacial score (nSPS) is 23.8. The highest BCUT2D eigenvalue weighted by atomic mass is 32.2. The molecule has 2 aromatic heterocycles. The lowest BCUT2D eigenvalue weighted by atomic mass is 10.2. The lowest BCUT2D eigenvalue weighted by Crippen LogP contribution is -2.29. The average molecular weight is 298 g/mol. The lowest BCUT2D eigenvalue weighted by molar-refractivity contribution is 0.502. The Morgan fingerprint density at radius 2 is 2.39 bits per heavy atom.